The Labute approximate surface area is 162 Å². The Balaban J connectivity index is 2.00. The lowest BCUT2D eigenvalue weighted by Crippen LogP contribution is -2.38. The van der Waals surface area contributed by atoms with Gasteiger partial charge >= 0.3 is 0 Å². The van der Waals surface area contributed by atoms with Crippen LogP contribution in [0.1, 0.15) is 28.7 Å². The molecule has 2 aromatic carbocycles. The van der Waals surface area contributed by atoms with Crippen molar-refractivity contribution in [3.05, 3.63) is 64.7 Å². The Morgan fingerprint density at radius 3 is 2.19 bits per heavy atom. The van der Waals surface area contributed by atoms with E-state index in [1.165, 1.54) is 4.31 Å². The van der Waals surface area contributed by atoms with Crippen molar-refractivity contribution >= 4 is 21.6 Å². The van der Waals surface area contributed by atoms with Gasteiger partial charge in [0.25, 0.3) is 0 Å². The third kappa shape index (κ3) is 6.48. The molecule has 0 aliphatic heterocycles. The Morgan fingerprint density at radius 2 is 1.63 bits per heavy atom. The van der Waals surface area contributed by atoms with Gasteiger partial charge in [0.2, 0.25) is 15.9 Å². The van der Waals surface area contributed by atoms with Crippen LogP contribution in [0, 0.1) is 20.8 Å². The highest BCUT2D eigenvalue weighted by atomic mass is 32.2. The molecule has 1 N–H and O–H groups in total. The molecule has 2 aromatic rings. The first-order chi connectivity index (χ1) is 12.7. The minimum absolute atomic E-state index is 0.180. The van der Waals surface area contributed by atoms with Crippen molar-refractivity contribution in [1.82, 2.24) is 4.31 Å². The summed E-state index contributed by atoms with van der Waals surface area (Å²) in [6.45, 7) is 6.00. The van der Waals surface area contributed by atoms with Crippen molar-refractivity contribution in [1.29, 1.82) is 0 Å². The van der Waals surface area contributed by atoms with Crippen molar-refractivity contribution in [2.75, 3.05) is 24.7 Å². The van der Waals surface area contributed by atoms with E-state index in [1.54, 1.807) is 0 Å². The molecule has 0 saturated carbocycles. The maximum Gasteiger partial charge on any atom is 0.239 e. The zero-order valence-corrected chi connectivity index (χ0v) is 17.3. The van der Waals surface area contributed by atoms with Gasteiger partial charge in [0, 0.05) is 12.2 Å². The number of anilines is 1. The van der Waals surface area contributed by atoms with Crippen LogP contribution in [0.5, 0.6) is 0 Å². The Hall–Kier alpha value is -2.18. The van der Waals surface area contributed by atoms with E-state index in [9.17, 15) is 13.2 Å². The lowest BCUT2D eigenvalue weighted by molar-refractivity contribution is -0.116. The van der Waals surface area contributed by atoms with E-state index < -0.39 is 10.0 Å². The van der Waals surface area contributed by atoms with E-state index in [2.05, 4.69) is 5.32 Å². The fourth-order valence-corrected chi connectivity index (χ4v) is 4.00. The topological polar surface area (TPSA) is 66.5 Å². The molecule has 27 heavy (non-hydrogen) atoms. The average Bonchev–Trinajstić information content (AvgIpc) is 2.57. The Kier molecular flexibility index (Phi) is 7.16. The smallest absolute Gasteiger partial charge is 0.239 e. The molecule has 0 aliphatic rings. The number of benzene rings is 2. The van der Waals surface area contributed by atoms with E-state index in [-0.39, 0.29) is 12.5 Å². The van der Waals surface area contributed by atoms with Crippen LogP contribution in [-0.2, 0) is 21.2 Å². The van der Waals surface area contributed by atoms with Crippen LogP contribution in [0.25, 0.3) is 0 Å². The first kappa shape index (κ1) is 21.1. The van der Waals surface area contributed by atoms with Crippen molar-refractivity contribution in [3.8, 4) is 0 Å². The van der Waals surface area contributed by atoms with Crippen LogP contribution in [0.15, 0.2) is 42.5 Å². The molecule has 0 spiro atoms. The molecule has 1 amide bonds. The number of aryl methyl sites for hydroxylation is 4. The van der Waals surface area contributed by atoms with Crippen molar-refractivity contribution in [2.45, 2.75) is 33.6 Å². The third-order valence-electron chi connectivity index (χ3n) is 4.45. The quantitative estimate of drug-likeness (QED) is 0.753. The van der Waals surface area contributed by atoms with Crippen LogP contribution < -0.4 is 5.32 Å². The maximum atomic E-state index is 12.5. The van der Waals surface area contributed by atoms with Gasteiger partial charge in [0.15, 0.2) is 0 Å². The van der Waals surface area contributed by atoms with Gasteiger partial charge < -0.3 is 5.32 Å². The van der Waals surface area contributed by atoms with Crippen LogP contribution in [-0.4, -0.2) is 38.0 Å². The number of carbonyl (C=O) groups excluding carboxylic acids is 1. The van der Waals surface area contributed by atoms with Crippen molar-refractivity contribution in [3.63, 3.8) is 0 Å². The normalized spacial score (nSPS) is 11.6. The summed E-state index contributed by atoms with van der Waals surface area (Å²) in [6.07, 6.45) is 2.57. The highest BCUT2D eigenvalue weighted by Crippen LogP contribution is 2.22. The van der Waals surface area contributed by atoms with Gasteiger partial charge in [0.1, 0.15) is 0 Å². The van der Waals surface area contributed by atoms with Crippen LogP contribution in [0.3, 0.4) is 0 Å². The molecule has 0 atom stereocenters. The summed E-state index contributed by atoms with van der Waals surface area (Å²) in [7, 11) is -3.46. The van der Waals surface area contributed by atoms with Gasteiger partial charge in [0.05, 0.1) is 12.8 Å². The fraction of sp³-hybridized carbons (Fsp3) is 0.381. The number of nitrogens with zero attached hydrogens (tertiary/aromatic N) is 1. The second-order valence-corrected chi connectivity index (χ2v) is 8.99. The molecule has 0 heterocycles. The lowest BCUT2D eigenvalue weighted by atomic mass is 10.1. The highest BCUT2D eigenvalue weighted by molar-refractivity contribution is 7.88. The Bertz CT molecular complexity index is 870. The molecule has 0 saturated heterocycles. The second-order valence-electron chi connectivity index (χ2n) is 7.01. The van der Waals surface area contributed by atoms with Crippen LogP contribution >= 0.6 is 0 Å². The highest BCUT2D eigenvalue weighted by Gasteiger charge is 2.20. The predicted octanol–water partition coefficient (Wildman–Crippen LogP) is 3.44. The number of nitrogens with one attached hydrogen (secondary N) is 1. The number of rotatable bonds is 8. The number of hydrogen-bond acceptors (Lipinski definition) is 3. The monoisotopic (exact) mass is 388 g/mol. The number of carbonyl (C=O) groups is 1. The lowest BCUT2D eigenvalue weighted by Gasteiger charge is -2.20. The maximum absolute atomic E-state index is 12.5. The Morgan fingerprint density at radius 1 is 1.04 bits per heavy atom. The van der Waals surface area contributed by atoms with Crippen molar-refractivity contribution in [2.24, 2.45) is 0 Å². The standard InChI is InChI=1S/C21H28N2O3S/c1-16-13-17(2)21(18(3)14-16)22-20(24)15-23(27(4,25)26)12-8-11-19-9-6-5-7-10-19/h5-7,9-10,13-14H,8,11-12,15H2,1-4H3,(H,22,24). The molecule has 0 aromatic heterocycles. The van der Waals surface area contributed by atoms with Crippen LogP contribution in [0.4, 0.5) is 5.69 Å². The first-order valence-corrected chi connectivity index (χ1v) is 10.9. The predicted molar refractivity (Wildman–Crippen MR) is 110 cm³/mol. The van der Waals surface area contributed by atoms with E-state index in [1.807, 2.05) is 63.2 Å². The third-order valence-corrected chi connectivity index (χ3v) is 5.70. The number of amides is 1. The first-order valence-electron chi connectivity index (χ1n) is 9.03. The molecular formula is C21H28N2O3S. The summed E-state index contributed by atoms with van der Waals surface area (Å²) in [5.74, 6) is -0.324. The van der Waals surface area contributed by atoms with E-state index in [0.29, 0.717) is 13.0 Å². The summed E-state index contributed by atoms with van der Waals surface area (Å²) in [5.41, 5.74) is 4.97. The minimum Gasteiger partial charge on any atom is -0.324 e. The van der Waals surface area contributed by atoms with E-state index >= 15 is 0 Å². The molecule has 6 heteroatoms. The van der Waals surface area contributed by atoms with Gasteiger partial charge in [-0.05, 0) is 50.3 Å². The van der Waals surface area contributed by atoms with E-state index in [4.69, 9.17) is 0 Å². The molecule has 5 nitrogen and oxygen atoms in total. The summed E-state index contributed by atoms with van der Waals surface area (Å²) >= 11 is 0. The molecule has 2 rings (SSSR count). The zero-order valence-electron chi connectivity index (χ0n) is 16.5. The summed E-state index contributed by atoms with van der Waals surface area (Å²) in [5, 5.41) is 2.87. The summed E-state index contributed by atoms with van der Waals surface area (Å²) in [6, 6.07) is 13.9. The summed E-state index contributed by atoms with van der Waals surface area (Å²) in [4.78, 5) is 12.5. The average molecular weight is 389 g/mol. The van der Waals surface area contributed by atoms with Gasteiger partial charge in [-0.25, -0.2) is 8.42 Å². The molecule has 0 radical (unpaired) electrons. The van der Waals surface area contributed by atoms with Gasteiger partial charge in [-0.3, -0.25) is 4.79 Å². The molecule has 0 fully saturated rings. The number of hydrogen-bond donors (Lipinski definition) is 1. The summed E-state index contributed by atoms with van der Waals surface area (Å²) < 4.78 is 25.4. The molecule has 0 bridgehead atoms. The van der Waals surface area contributed by atoms with Gasteiger partial charge in [-0.15, -0.1) is 0 Å². The number of sulfonamides is 1. The molecule has 0 aliphatic carbocycles. The molecule has 146 valence electrons. The molecule has 0 unspecified atom stereocenters. The zero-order chi connectivity index (χ0) is 20.0. The van der Waals surface area contributed by atoms with E-state index in [0.717, 1.165) is 40.6 Å². The van der Waals surface area contributed by atoms with Gasteiger partial charge in [-0.1, -0.05) is 48.0 Å². The second kappa shape index (κ2) is 9.15. The van der Waals surface area contributed by atoms with Crippen LogP contribution in [0.2, 0.25) is 0 Å². The SMILES string of the molecule is Cc1cc(C)c(NC(=O)CN(CCCc2ccccc2)S(C)(=O)=O)c(C)c1. The largest absolute Gasteiger partial charge is 0.324 e. The fourth-order valence-electron chi connectivity index (χ4n) is 3.18. The minimum atomic E-state index is -3.46. The van der Waals surface area contributed by atoms with Crippen molar-refractivity contribution < 1.29 is 13.2 Å². The van der Waals surface area contributed by atoms with Gasteiger partial charge in [-0.2, -0.15) is 4.31 Å². The molecular weight excluding hydrogens is 360 g/mol.